The number of aliphatic carboxylic acids is 1. The number of fused-ring (bicyclic) bond motifs is 1. The minimum Gasteiger partial charge on any atom is -0.481 e. The zero-order valence-corrected chi connectivity index (χ0v) is 17.1. The minimum atomic E-state index is -0.981. The molecule has 3 aromatic carbocycles. The molecule has 1 atom stereocenters. The number of amides is 2. The highest BCUT2D eigenvalue weighted by Gasteiger charge is 2.29. The van der Waals surface area contributed by atoms with E-state index in [9.17, 15) is 18.8 Å². The fourth-order valence-electron chi connectivity index (χ4n) is 3.91. The summed E-state index contributed by atoms with van der Waals surface area (Å²) in [6, 6.07) is 18.1. The lowest BCUT2D eigenvalue weighted by atomic mass is 9.80. The number of urea groups is 1. The van der Waals surface area contributed by atoms with Crippen LogP contribution in [0.5, 0.6) is 0 Å². The summed E-state index contributed by atoms with van der Waals surface area (Å²) in [7, 11) is 0. The predicted octanol–water partition coefficient (Wildman–Crippen LogP) is 5.36. The molecule has 6 nitrogen and oxygen atoms in total. The van der Waals surface area contributed by atoms with Crippen LogP contribution in [0.4, 0.5) is 20.6 Å². The van der Waals surface area contributed by atoms with Crippen LogP contribution < -0.4 is 10.6 Å². The molecule has 3 N–H and O–H groups in total. The summed E-state index contributed by atoms with van der Waals surface area (Å²) < 4.78 is 14.7. The van der Waals surface area contributed by atoms with Gasteiger partial charge in [0.25, 0.3) is 0 Å². The highest BCUT2D eigenvalue weighted by molar-refractivity contribution is 6.02. The van der Waals surface area contributed by atoms with Crippen molar-refractivity contribution in [2.75, 3.05) is 10.6 Å². The van der Waals surface area contributed by atoms with Crippen molar-refractivity contribution in [3.8, 4) is 11.1 Å². The third kappa shape index (κ3) is 4.67. The van der Waals surface area contributed by atoms with Gasteiger partial charge in [-0.2, -0.15) is 0 Å². The van der Waals surface area contributed by atoms with Crippen LogP contribution in [0.2, 0.25) is 0 Å². The zero-order chi connectivity index (χ0) is 22.7. The van der Waals surface area contributed by atoms with Gasteiger partial charge in [-0.3, -0.25) is 9.59 Å². The molecule has 1 aliphatic carbocycles. The van der Waals surface area contributed by atoms with Gasteiger partial charge in [0, 0.05) is 17.2 Å². The number of anilines is 2. The molecule has 0 fully saturated rings. The van der Waals surface area contributed by atoms with Gasteiger partial charge in [0.05, 0.1) is 12.1 Å². The number of ketones is 1. The summed E-state index contributed by atoms with van der Waals surface area (Å²) >= 11 is 0. The Hall–Kier alpha value is -4.00. The molecule has 3 aromatic rings. The van der Waals surface area contributed by atoms with Crippen LogP contribution in [0.25, 0.3) is 11.1 Å². The number of hydrogen-bond donors (Lipinski definition) is 3. The quantitative estimate of drug-likeness (QED) is 0.506. The van der Waals surface area contributed by atoms with E-state index in [-0.39, 0.29) is 17.9 Å². The van der Waals surface area contributed by atoms with Crippen molar-refractivity contribution >= 4 is 29.2 Å². The van der Waals surface area contributed by atoms with Gasteiger partial charge in [0.1, 0.15) is 5.82 Å². The van der Waals surface area contributed by atoms with Gasteiger partial charge < -0.3 is 15.7 Å². The standard InChI is InChI=1S/C25H21FN2O4/c26-21-13-16(9-11-22(21)28-25(32)27-19-4-2-1-3-5-19)15-8-10-20-17(12-15)6-7-18(24(20)31)14-23(29)30/h1-5,8-13,18H,6-7,14H2,(H,29,30)(H2,27,28,32). The van der Waals surface area contributed by atoms with Crippen LogP contribution in [0.15, 0.2) is 66.7 Å². The predicted molar refractivity (Wildman–Crippen MR) is 119 cm³/mol. The molecule has 0 saturated heterocycles. The molecule has 0 aliphatic heterocycles. The van der Waals surface area contributed by atoms with Crippen LogP contribution in [-0.2, 0) is 11.2 Å². The van der Waals surface area contributed by atoms with Gasteiger partial charge >= 0.3 is 12.0 Å². The average Bonchev–Trinajstić information content (AvgIpc) is 2.77. The SMILES string of the molecule is O=C(O)CC1CCc2cc(-c3ccc(NC(=O)Nc4ccccc4)c(F)c3)ccc2C1=O. The Kier molecular flexibility index (Phi) is 5.98. The number of nitrogens with one attached hydrogen (secondary N) is 2. The molecule has 0 radical (unpaired) electrons. The second kappa shape index (κ2) is 9.01. The number of para-hydroxylation sites is 1. The first-order valence-corrected chi connectivity index (χ1v) is 10.2. The molecule has 0 bridgehead atoms. The minimum absolute atomic E-state index is 0.0480. The van der Waals surface area contributed by atoms with Gasteiger partial charge in [-0.25, -0.2) is 9.18 Å². The normalized spacial score (nSPS) is 15.0. The summed E-state index contributed by atoms with van der Waals surface area (Å²) in [4.78, 5) is 35.6. The van der Waals surface area contributed by atoms with Crippen molar-refractivity contribution < 1.29 is 23.9 Å². The van der Waals surface area contributed by atoms with Crippen molar-refractivity contribution in [3.63, 3.8) is 0 Å². The van der Waals surface area contributed by atoms with Crippen LogP contribution in [0.3, 0.4) is 0 Å². The number of Topliss-reactive ketones (excluding diaryl/α,β-unsaturated/α-hetero) is 1. The number of carboxylic acids is 1. The lowest BCUT2D eigenvalue weighted by Gasteiger charge is -2.22. The monoisotopic (exact) mass is 432 g/mol. The maximum atomic E-state index is 14.7. The number of benzene rings is 3. The van der Waals surface area contributed by atoms with E-state index in [4.69, 9.17) is 5.11 Å². The first kappa shape index (κ1) is 21.2. The number of carbonyl (C=O) groups is 3. The largest absolute Gasteiger partial charge is 0.481 e. The first-order valence-electron chi connectivity index (χ1n) is 10.2. The Morgan fingerprint density at radius 2 is 1.69 bits per heavy atom. The van der Waals surface area contributed by atoms with Crippen molar-refractivity contribution in [3.05, 3.63) is 83.7 Å². The number of carbonyl (C=O) groups excluding carboxylic acids is 2. The molecular weight excluding hydrogens is 411 g/mol. The Morgan fingerprint density at radius 3 is 2.41 bits per heavy atom. The molecule has 7 heteroatoms. The second-order valence-electron chi connectivity index (χ2n) is 7.71. The van der Waals surface area contributed by atoms with Gasteiger partial charge in [0.15, 0.2) is 5.78 Å². The Labute approximate surface area is 184 Å². The van der Waals surface area contributed by atoms with Gasteiger partial charge in [-0.05, 0) is 53.8 Å². The molecule has 32 heavy (non-hydrogen) atoms. The van der Waals surface area contributed by atoms with E-state index in [1.807, 2.05) is 12.1 Å². The first-order chi connectivity index (χ1) is 15.4. The maximum Gasteiger partial charge on any atom is 0.323 e. The molecule has 2 amide bonds. The number of rotatable bonds is 5. The number of aryl methyl sites for hydroxylation is 1. The third-order valence-corrected chi connectivity index (χ3v) is 5.51. The Balaban J connectivity index is 1.49. The van der Waals surface area contributed by atoms with Crippen LogP contribution in [0, 0.1) is 11.7 Å². The highest BCUT2D eigenvalue weighted by Crippen LogP contribution is 2.32. The van der Waals surface area contributed by atoms with E-state index in [0.29, 0.717) is 29.7 Å². The van der Waals surface area contributed by atoms with Gasteiger partial charge in [-0.15, -0.1) is 0 Å². The lowest BCUT2D eigenvalue weighted by molar-refractivity contribution is -0.137. The van der Waals surface area contributed by atoms with E-state index >= 15 is 0 Å². The Bertz CT molecular complexity index is 1190. The van der Waals surface area contributed by atoms with E-state index in [1.54, 1.807) is 42.5 Å². The summed E-state index contributed by atoms with van der Waals surface area (Å²) in [6.07, 6.45) is 0.904. The number of hydrogen-bond acceptors (Lipinski definition) is 3. The molecule has 1 aliphatic rings. The summed E-state index contributed by atoms with van der Waals surface area (Å²) in [5.74, 6) is -2.22. The van der Waals surface area contributed by atoms with E-state index in [0.717, 1.165) is 11.1 Å². The third-order valence-electron chi connectivity index (χ3n) is 5.51. The second-order valence-corrected chi connectivity index (χ2v) is 7.71. The summed E-state index contributed by atoms with van der Waals surface area (Å²) in [5, 5.41) is 14.1. The molecule has 162 valence electrons. The van der Waals surface area contributed by atoms with E-state index < -0.39 is 23.7 Å². The molecule has 0 spiro atoms. The van der Waals surface area contributed by atoms with Gasteiger partial charge in [-0.1, -0.05) is 42.5 Å². The van der Waals surface area contributed by atoms with Gasteiger partial charge in [0.2, 0.25) is 0 Å². The molecular formula is C25H21FN2O4. The number of carboxylic acid groups (broad SMARTS) is 1. The van der Waals surface area contributed by atoms with Crippen molar-refractivity contribution in [1.82, 2.24) is 0 Å². The summed E-state index contributed by atoms with van der Waals surface area (Å²) in [6.45, 7) is 0. The fourth-order valence-corrected chi connectivity index (χ4v) is 3.91. The Morgan fingerprint density at radius 1 is 0.969 bits per heavy atom. The van der Waals surface area contributed by atoms with Crippen LogP contribution >= 0.6 is 0 Å². The van der Waals surface area contributed by atoms with Crippen LogP contribution in [0.1, 0.15) is 28.8 Å². The molecule has 4 rings (SSSR count). The smallest absolute Gasteiger partial charge is 0.323 e. The van der Waals surface area contributed by atoms with E-state index in [2.05, 4.69) is 10.6 Å². The maximum absolute atomic E-state index is 14.7. The number of halogens is 1. The highest BCUT2D eigenvalue weighted by atomic mass is 19.1. The van der Waals surface area contributed by atoms with Crippen molar-refractivity contribution in [2.45, 2.75) is 19.3 Å². The molecule has 0 saturated carbocycles. The fraction of sp³-hybridized carbons (Fsp3) is 0.160. The lowest BCUT2D eigenvalue weighted by Crippen LogP contribution is -2.24. The molecule has 0 heterocycles. The topological polar surface area (TPSA) is 95.5 Å². The molecule has 0 aromatic heterocycles. The van der Waals surface area contributed by atoms with Crippen LogP contribution in [-0.4, -0.2) is 22.9 Å². The average molecular weight is 432 g/mol. The molecule has 1 unspecified atom stereocenters. The zero-order valence-electron chi connectivity index (χ0n) is 17.1. The summed E-state index contributed by atoms with van der Waals surface area (Å²) in [5.41, 5.74) is 3.36. The van der Waals surface area contributed by atoms with E-state index in [1.165, 1.54) is 12.1 Å². The van der Waals surface area contributed by atoms with Crippen molar-refractivity contribution in [1.29, 1.82) is 0 Å². The van der Waals surface area contributed by atoms with Crippen molar-refractivity contribution in [2.24, 2.45) is 5.92 Å².